The van der Waals surface area contributed by atoms with Gasteiger partial charge in [0.05, 0.1) is 6.04 Å². The van der Waals surface area contributed by atoms with E-state index in [2.05, 4.69) is 17.1 Å². The lowest BCUT2D eigenvalue weighted by molar-refractivity contribution is -0.122. The van der Waals surface area contributed by atoms with Gasteiger partial charge in [0.2, 0.25) is 5.91 Å². The van der Waals surface area contributed by atoms with E-state index in [0.717, 1.165) is 31.1 Å². The molecular weight excluding hydrogens is 333 g/mol. The molecule has 0 saturated carbocycles. The summed E-state index contributed by atoms with van der Waals surface area (Å²) >= 11 is 0. The zero-order valence-electron chi connectivity index (χ0n) is 13.7. The number of carbonyl (C=O) groups excluding carboxylic acids is 1. The highest BCUT2D eigenvalue weighted by Gasteiger charge is 2.17. The molecule has 1 heterocycles. The molecule has 2 rings (SSSR count). The number of benzene rings is 1. The maximum absolute atomic E-state index is 12.0. The van der Waals surface area contributed by atoms with Crippen LogP contribution in [0.15, 0.2) is 30.3 Å². The van der Waals surface area contributed by atoms with Crippen LogP contribution < -0.4 is 11.1 Å². The van der Waals surface area contributed by atoms with Crippen molar-refractivity contribution in [2.75, 3.05) is 26.2 Å². The zero-order chi connectivity index (χ0) is 15.1. The summed E-state index contributed by atoms with van der Waals surface area (Å²) in [6.07, 6.45) is 3.12. The first kappa shape index (κ1) is 22.2. The van der Waals surface area contributed by atoms with Gasteiger partial charge in [-0.3, -0.25) is 4.79 Å². The molecule has 0 bridgehead atoms. The maximum Gasteiger partial charge on any atom is 0.237 e. The van der Waals surface area contributed by atoms with Gasteiger partial charge in [0.25, 0.3) is 0 Å². The van der Waals surface area contributed by atoms with E-state index in [1.165, 1.54) is 12.8 Å². The summed E-state index contributed by atoms with van der Waals surface area (Å²) in [4.78, 5) is 14.4. The molecular formula is C17H29Cl2N3O. The largest absolute Gasteiger partial charge is 0.353 e. The van der Waals surface area contributed by atoms with Crippen molar-refractivity contribution in [3.63, 3.8) is 0 Å². The van der Waals surface area contributed by atoms with Gasteiger partial charge in [0, 0.05) is 13.1 Å². The second-order valence-corrected chi connectivity index (χ2v) is 6.11. The van der Waals surface area contributed by atoms with Crippen LogP contribution in [-0.4, -0.2) is 43.0 Å². The van der Waals surface area contributed by atoms with E-state index in [4.69, 9.17) is 5.73 Å². The summed E-state index contributed by atoms with van der Waals surface area (Å²) in [6, 6.07) is 9.45. The molecule has 1 aromatic rings. The number of nitrogens with zero attached hydrogens (tertiary/aromatic N) is 1. The van der Waals surface area contributed by atoms with Crippen LogP contribution in [0.1, 0.15) is 25.3 Å². The van der Waals surface area contributed by atoms with E-state index in [0.29, 0.717) is 13.0 Å². The van der Waals surface area contributed by atoms with Crippen molar-refractivity contribution in [1.29, 1.82) is 0 Å². The quantitative estimate of drug-likeness (QED) is 0.816. The molecule has 132 valence electrons. The van der Waals surface area contributed by atoms with Gasteiger partial charge in [0.15, 0.2) is 0 Å². The Kier molecular flexibility index (Phi) is 11.3. The van der Waals surface area contributed by atoms with Crippen molar-refractivity contribution >= 4 is 30.7 Å². The highest BCUT2D eigenvalue weighted by molar-refractivity contribution is 5.85. The Bertz CT molecular complexity index is 437. The minimum Gasteiger partial charge on any atom is -0.353 e. The molecule has 0 radical (unpaired) electrons. The van der Waals surface area contributed by atoms with E-state index >= 15 is 0 Å². The number of rotatable bonds is 6. The molecule has 1 aromatic carbocycles. The van der Waals surface area contributed by atoms with E-state index in [9.17, 15) is 4.79 Å². The number of halogens is 2. The third-order valence-corrected chi connectivity index (χ3v) is 4.24. The van der Waals surface area contributed by atoms with Gasteiger partial charge in [-0.05, 0) is 43.8 Å². The minimum absolute atomic E-state index is 0. The number of likely N-dealkylation sites (tertiary alicyclic amines) is 1. The molecule has 1 aliphatic rings. The van der Waals surface area contributed by atoms with Gasteiger partial charge in [-0.1, -0.05) is 37.3 Å². The van der Waals surface area contributed by atoms with Crippen molar-refractivity contribution in [2.45, 2.75) is 32.2 Å². The predicted octanol–water partition coefficient (Wildman–Crippen LogP) is 2.25. The predicted molar refractivity (Wildman–Crippen MR) is 100 cm³/mol. The van der Waals surface area contributed by atoms with Crippen molar-refractivity contribution in [2.24, 2.45) is 11.7 Å². The average Bonchev–Trinajstić information content (AvgIpc) is 2.50. The number of nitrogens with two attached hydrogens (primary N) is 1. The maximum atomic E-state index is 12.0. The van der Waals surface area contributed by atoms with Gasteiger partial charge < -0.3 is 16.0 Å². The Hall–Kier alpha value is -0.810. The smallest absolute Gasteiger partial charge is 0.237 e. The van der Waals surface area contributed by atoms with Crippen LogP contribution in [0.2, 0.25) is 0 Å². The third-order valence-electron chi connectivity index (χ3n) is 4.24. The molecule has 0 aliphatic carbocycles. The van der Waals surface area contributed by atoms with E-state index in [1.807, 2.05) is 30.3 Å². The minimum atomic E-state index is -0.464. The molecule has 1 aliphatic heterocycles. The average molecular weight is 362 g/mol. The summed E-state index contributed by atoms with van der Waals surface area (Å²) in [7, 11) is 0. The Morgan fingerprint density at radius 3 is 2.48 bits per heavy atom. The number of hydrogen-bond acceptors (Lipinski definition) is 3. The summed E-state index contributed by atoms with van der Waals surface area (Å²) in [6.45, 7) is 6.22. The van der Waals surface area contributed by atoms with Crippen molar-refractivity contribution in [3.05, 3.63) is 35.9 Å². The van der Waals surface area contributed by atoms with Crippen LogP contribution in [0.5, 0.6) is 0 Å². The number of amides is 1. The molecule has 0 spiro atoms. The zero-order valence-corrected chi connectivity index (χ0v) is 15.4. The molecule has 3 N–H and O–H groups in total. The number of carbonyl (C=O) groups is 1. The van der Waals surface area contributed by atoms with Crippen molar-refractivity contribution in [3.8, 4) is 0 Å². The highest BCUT2D eigenvalue weighted by atomic mass is 35.5. The lowest BCUT2D eigenvalue weighted by Gasteiger charge is -2.30. The second kappa shape index (κ2) is 11.7. The SMILES string of the molecule is CC1CCN(CCNC(=O)[C@@H](N)Cc2ccccc2)CC1.Cl.Cl. The fourth-order valence-electron chi connectivity index (χ4n) is 2.71. The lowest BCUT2D eigenvalue weighted by atomic mass is 9.99. The Labute approximate surface area is 152 Å². The molecule has 1 amide bonds. The number of piperidine rings is 1. The summed E-state index contributed by atoms with van der Waals surface area (Å²) in [5.41, 5.74) is 7.06. The Balaban J connectivity index is 0.00000242. The molecule has 4 nitrogen and oxygen atoms in total. The molecule has 1 saturated heterocycles. The second-order valence-electron chi connectivity index (χ2n) is 6.11. The van der Waals surface area contributed by atoms with Crippen molar-refractivity contribution < 1.29 is 4.79 Å². The summed E-state index contributed by atoms with van der Waals surface area (Å²) in [5.74, 6) is 0.791. The van der Waals surface area contributed by atoms with Crippen LogP contribution in [0, 0.1) is 5.92 Å². The molecule has 6 heteroatoms. The van der Waals surface area contributed by atoms with Crippen LogP contribution in [0.25, 0.3) is 0 Å². The lowest BCUT2D eigenvalue weighted by Crippen LogP contribution is -2.45. The van der Waals surface area contributed by atoms with Crippen LogP contribution in [-0.2, 0) is 11.2 Å². The summed E-state index contributed by atoms with van der Waals surface area (Å²) < 4.78 is 0. The first-order valence-electron chi connectivity index (χ1n) is 7.94. The number of nitrogens with one attached hydrogen (secondary N) is 1. The van der Waals surface area contributed by atoms with Gasteiger partial charge >= 0.3 is 0 Å². The standard InChI is InChI=1S/C17H27N3O.2ClH/c1-14-7-10-20(11-8-14)12-9-19-17(21)16(18)13-15-5-3-2-4-6-15;;/h2-6,14,16H,7-13,18H2,1H3,(H,19,21);2*1H/t16-;;/m0../s1. The first-order valence-corrected chi connectivity index (χ1v) is 7.94. The topological polar surface area (TPSA) is 58.4 Å². The van der Waals surface area contributed by atoms with Crippen LogP contribution in [0.4, 0.5) is 0 Å². The highest BCUT2D eigenvalue weighted by Crippen LogP contribution is 2.15. The van der Waals surface area contributed by atoms with Gasteiger partial charge in [-0.2, -0.15) is 0 Å². The van der Waals surface area contributed by atoms with Crippen LogP contribution >= 0.6 is 24.8 Å². The molecule has 1 atom stereocenters. The molecule has 1 fully saturated rings. The number of hydrogen-bond donors (Lipinski definition) is 2. The first-order chi connectivity index (χ1) is 10.1. The molecule has 0 unspecified atom stereocenters. The fourth-order valence-corrected chi connectivity index (χ4v) is 2.71. The van der Waals surface area contributed by atoms with Gasteiger partial charge in [-0.15, -0.1) is 24.8 Å². The van der Waals surface area contributed by atoms with Gasteiger partial charge in [0.1, 0.15) is 0 Å². The monoisotopic (exact) mass is 361 g/mol. The van der Waals surface area contributed by atoms with E-state index in [1.54, 1.807) is 0 Å². The fraction of sp³-hybridized carbons (Fsp3) is 0.588. The van der Waals surface area contributed by atoms with E-state index in [-0.39, 0.29) is 30.7 Å². The molecule has 23 heavy (non-hydrogen) atoms. The Morgan fingerprint density at radius 2 is 1.87 bits per heavy atom. The molecule has 0 aromatic heterocycles. The van der Waals surface area contributed by atoms with E-state index < -0.39 is 6.04 Å². The van der Waals surface area contributed by atoms with Gasteiger partial charge in [-0.25, -0.2) is 0 Å². The third kappa shape index (κ3) is 8.02. The Morgan fingerprint density at radius 1 is 1.26 bits per heavy atom. The van der Waals surface area contributed by atoms with Crippen molar-refractivity contribution in [1.82, 2.24) is 10.2 Å². The normalized spacial score (nSPS) is 16.8. The van der Waals surface area contributed by atoms with Crippen LogP contribution in [0.3, 0.4) is 0 Å². The summed E-state index contributed by atoms with van der Waals surface area (Å²) in [5, 5.41) is 2.96.